The maximum Gasteiger partial charge on any atom is 0.268 e. The molecule has 0 bridgehead atoms. The summed E-state index contributed by atoms with van der Waals surface area (Å²) in [5.74, 6) is -0.213. The van der Waals surface area contributed by atoms with Crippen LogP contribution in [0.3, 0.4) is 0 Å². The van der Waals surface area contributed by atoms with Crippen LogP contribution in [0.2, 0.25) is 0 Å². The first-order chi connectivity index (χ1) is 25.0. The molecular weight excluding hydrogens is 671 g/mol. The quantitative estimate of drug-likeness (QED) is 0.0281. The summed E-state index contributed by atoms with van der Waals surface area (Å²) in [6.07, 6.45) is 42.1. The predicted octanol–water partition coefficient (Wildman–Crippen LogP) is 10.9. The zero-order valence-corrected chi connectivity index (χ0v) is 35.4. The summed E-state index contributed by atoms with van der Waals surface area (Å²) in [6, 6.07) is -0.900. The number of nitrogens with zero attached hydrogens (tertiary/aromatic N) is 1. The molecule has 0 spiro atoms. The van der Waals surface area contributed by atoms with Crippen LogP contribution in [-0.4, -0.2) is 68.5 Å². The van der Waals surface area contributed by atoms with Crippen LogP contribution in [0.25, 0.3) is 0 Å². The highest BCUT2D eigenvalue weighted by Crippen LogP contribution is 2.38. The van der Waals surface area contributed by atoms with Crippen molar-refractivity contribution in [2.75, 3.05) is 40.9 Å². The Bertz CT molecular complexity index is 948. The van der Waals surface area contributed by atoms with E-state index in [9.17, 15) is 19.4 Å². The Labute approximate surface area is 321 Å². The average Bonchev–Trinajstić information content (AvgIpc) is 3.09. The molecule has 0 aromatic rings. The summed E-state index contributed by atoms with van der Waals surface area (Å²) in [5, 5.41) is 13.7. The van der Waals surface area contributed by atoms with Gasteiger partial charge in [-0.15, -0.1) is 0 Å². The molecule has 52 heavy (non-hydrogen) atoms. The molecule has 0 radical (unpaired) electrons. The average molecular weight is 755 g/mol. The summed E-state index contributed by atoms with van der Waals surface area (Å²) >= 11 is 0. The fourth-order valence-electron chi connectivity index (χ4n) is 5.87. The van der Waals surface area contributed by atoms with Crippen molar-refractivity contribution >= 4 is 13.7 Å². The normalized spacial score (nSPS) is 14.8. The molecule has 8 nitrogen and oxygen atoms in total. The fraction of sp³-hybridized carbons (Fsp3) is 0.837. The zero-order valence-electron chi connectivity index (χ0n) is 34.5. The number of phosphoric acid groups is 1. The number of aliphatic hydroxyl groups excluding tert-OH is 1. The van der Waals surface area contributed by atoms with Gasteiger partial charge in [0.25, 0.3) is 7.82 Å². The van der Waals surface area contributed by atoms with Crippen molar-refractivity contribution < 1.29 is 32.9 Å². The topological polar surface area (TPSA) is 108 Å². The number of hydrogen-bond donors (Lipinski definition) is 2. The molecule has 0 aromatic heterocycles. The smallest absolute Gasteiger partial charge is 0.268 e. The Kier molecular flexibility index (Phi) is 34.6. The number of unbranched alkanes of at least 4 members (excludes halogenated alkanes) is 21. The van der Waals surface area contributed by atoms with Crippen LogP contribution in [-0.2, 0) is 18.4 Å². The van der Waals surface area contributed by atoms with Gasteiger partial charge in [-0.3, -0.25) is 9.36 Å². The third kappa shape index (κ3) is 37.1. The summed E-state index contributed by atoms with van der Waals surface area (Å²) in [6.45, 7) is 4.56. The number of allylic oxidation sites excluding steroid dienone is 5. The van der Waals surface area contributed by atoms with Gasteiger partial charge in [-0.05, 0) is 57.8 Å². The van der Waals surface area contributed by atoms with Gasteiger partial charge in [0.2, 0.25) is 5.91 Å². The van der Waals surface area contributed by atoms with Crippen molar-refractivity contribution in [1.82, 2.24) is 5.32 Å². The van der Waals surface area contributed by atoms with Gasteiger partial charge >= 0.3 is 0 Å². The van der Waals surface area contributed by atoms with Crippen molar-refractivity contribution in [2.45, 2.75) is 193 Å². The van der Waals surface area contributed by atoms with E-state index in [0.717, 1.165) is 38.5 Å². The SMILES string of the molecule is CCCCC/C=C/CC/C=C/C(O)C(COP(=O)([O-])OCC[N+](C)(C)C)NC(=O)CCCCCCCCCCC/C=C\CCCCCCCCCC. The number of amides is 1. The first kappa shape index (κ1) is 50.7. The minimum absolute atomic E-state index is 0.00715. The third-order valence-corrected chi connectivity index (χ3v) is 10.3. The Morgan fingerprint density at radius 2 is 1.08 bits per heavy atom. The molecule has 0 aliphatic heterocycles. The van der Waals surface area contributed by atoms with Crippen LogP contribution in [0.1, 0.15) is 181 Å². The molecule has 0 fully saturated rings. The molecule has 306 valence electrons. The highest BCUT2D eigenvalue weighted by Gasteiger charge is 2.23. The van der Waals surface area contributed by atoms with Crippen molar-refractivity contribution in [3.63, 3.8) is 0 Å². The van der Waals surface area contributed by atoms with Crippen molar-refractivity contribution in [1.29, 1.82) is 0 Å². The number of likely N-dealkylation sites (N-methyl/N-ethyl adjacent to an activating group) is 1. The summed E-state index contributed by atoms with van der Waals surface area (Å²) < 4.78 is 23.1. The Morgan fingerprint density at radius 3 is 1.60 bits per heavy atom. The molecule has 3 unspecified atom stereocenters. The number of nitrogens with one attached hydrogen (secondary N) is 1. The first-order valence-electron chi connectivity index (χ1n) is 21.4. The van der Waals surface area contributed by atoms with E-state index in [1.54, 1.807) is 6.08 Å². The van der Waals surface area contributed by atoms with Gasteiger partial charge in [0.1, 0.15) is 13.2 Å². The standard InChI is InChI=1S/C43H83N2O6P/c1-6-8-10-12-14-16-17-18-19-20-21-22-23-24-25-26-27-29-31-33-35-37-43(47)44-41(40-51-52(48,49)50-39-38-45(3,4)5)42(46)36-34-32-30-28-15-13-11-9-7-2/h15,20-21,28,34,36,41-42,46H,6-14,16-19,22-27,29-33,35,37-40H2,1-5H3,(H-,44,47,48,49)/b21-20-,28-15+,36-34+. The van der Waals surface area contributed by atoms with Gasteiger partial charge in [-0.2, -0.15) is 0 Å². The third-order valence-electron chi connectivity index (χ3n) is 9.32. The van der Waals surface area contributed by atoms with Crippen LogP contribution in [0.15, 0.2) is 36.5 Å². The molecule has 0 aliphatic rings. The summed E-state index contributed by atoms with van der Waals surface area (Å²) in [7, 11) is 1.24. The summed E-state index contributed by atoms with van der Waals surface area (Å²) in [4.78, 5) is 25.2. The molecule has 0 aliphatic carbocycles. The molecule has 2 N–H and O–H groups in total. The number of hydrogen-bond acceptors (Lipinski definition) is 6. The van der Waals surface area contributed by atoms with Crippen molar-refractivity contribution in [3.05, 3.63) is 36.5 Å². The van der Waals surface area contributed by atoms with E-state index < -0.39 is 26.6 Å². The highest BCUT2D eigenvalue weighted by atomic mass is 31.2. The minimum atomic E-state index is -4.59. The molecule has 0 aromatic carbocycles. The second-order valence-corrected chi connectivity index (χ2v) is 17.1. The number of quaternary nitrogens is 1. The lowest BCUT2D eigenvalue weighted by molar-refractivity contribution is -0.870. The van der Waals surface area contributed by atoms with Gasteiger partial charge in [0.15, 0.2) is 0 Å². The second-order valence-electron chi connectivity index (χ2n) is 15.7. The first-order valence-corrected chi connectivity index (χ1v) is 22.8. The van der Waals surface area contributed by atoms with Gasteiger partial charge in [0, 0.05) is 6.42 Å². The van der Waals surface area contributed by atoms with Gasteiger partial charge < -0.3 is 28.8 Å². The number of rotatable bonds is 38. The number of aliphatic hydroxyl groups is 1. The van der Waals surface area contributed by atoms with Gasteiger partial charge in [0.05, 0.1) is 39.9 Å². The van der Waals surface area contributed by atoms with E-state index in [0.29, 0.717) is 17.4 Å². The van der Waals surface area contributed by atoms with Gasteiger partial charge in [-0.25, -0.2) is 0 Å². The van der Waals surface area contributed by atoms with Gasteiger partial charge in [-0.1, -0.05) is 153 Å². The molecule has 0 heterocycles. The van der Waals surface area contributed by atoms with E-state index in [1.807, 2.05) is 27.2 Å². The van der Waals surface area contributed by atoms with E-state index in [4.69, 9.17) is 9.05 Å². The van der Waals surface area contributed by atoms with E-state index in [1.165, 1.54) is 122 Å². The largest absolute Gasteiger partial charge is 0.756 e. The molecule has 1 amide bonds. The maximum absolute atomic E-state index is 12.8. The minimum Gasteiger partial charge on any atom is -0.756 e. The van der Waals surface area contributed by atoms with Crippen LogP contribution < -0.4 is 10.2 Å². The monoisotopic (exact) mass is 755 g/mol. The predicted molar refractivity (Wildman–Crippen MR) is 219 cm³/mol. The van der Waals surface area contributed by atoms with Crippen molar-refractivity contribution in [3.8, 4) is 0 Å². The molecule has 0 saturated carbocycles. The number of carbonyl (C=O) groups is 1. The molecule has 9 heteroatoms. The van der Waals surface area contributed by atoms with Crippen LogP contribution >= 0.6 is 7.82 Å². The summed E-state index contributed by atoms with van der Waals surface area (Å²) in [5.41, 5.74) is 0. The highest BCUT2D eigenvalue weighted by molar-refractivity contribution is 7.45. The van der Waals surface area contributed by atoms with E-state index >= 15 is 0 Å². The van der Waals surface area contributed by atoms with Crippen LogP contribution in [0.4, 0.5) is 0 Å². The zero-order chi connectivity index (χ0) is 38.6. The molecule has 0 saturated heterocycles. The Morgan fingerprint density at radius 1 is 0.654 bits per heavy atom. The Balaban J connectivity index is 4.30. The molecular formula is C43H83N2O6P. The van der Waals surface area contributed by atoms with E-state index in [2.05, 4.69) is 43.5 Å². The molecule has 3 atom stereocenters. The molecule has 0 rings (SSSR count). The van der Waals surface area contributed by atoms with Crippen LogP contribution in [0, 0.1) is 0 Å². The number of carbonyl (C=O) groups excluding carboxylic acids is 1. The lowest BCUT2D eigenvalue weighted by Crippen LogP contribution is -2.45. The maximum atomic E-state index is 12.8. The second kappa shape index (κ2) is 35.4. The lowest BCUT2D eigenvalue weighted by atomic mass is 10.0. The number of phosphoric ester groups is 1. The Hall–Kier alpha value is -1.28. The van der Waals surface area contributed by atoms with Crippen molar-refractivity contribution in [2.24, 2.45) is 0 Å². The lowest BCUT2D eigenvalue weighted by Gasteiger charge is -2.29. The van der Waals surface area contributed by atoms with E-state index in [-0.39, 0.29) is 12.5 Å². The fourth-order valence-corrected chi connectivity index (χ4v) is 6.59. The van der Waals surface area contributed by atoms with Crippen LogP contribution in [0.5, 0.6) is 0 Å².